The molecule has 2 heteroatoms. The molecule has 0 atom stereocenters. The van der Waals surface area contributed by atoms with E-state index >= 15 is 0 Å². The van der Waals surface area contributed by atoms with Crippen molar-refractivity contribution in [2.75, 3.05) is 6.54 Å². The van der Waals surface area contributed by atoms with E-state index in [4.69, 9.17) is 0 Å². The number of nitrogens with one attached hydrogen (secondary N) is 2. The Morgan fingerprint density at radius 2 is 1.88 bits per heavy atom. The van der Waals surface area contributed by atoms with Crippen molar-refractivity contribution in [1.29, 1.82) is 0 Å². The second-order valence-corrected chi connectivity index (χ2v) is 4.72. The average Bonchev–Trinajstić information content (AvgIpc) is 2.78. The van der Waals surface area contributed by atoms with E-state index in [1.54, 1.807) is 0 Å². The molecule has 2 nitrogen and oxygen atoms in total. The molecule has 0 radical (unpaired) electrons. The number of hydrogen-bond donors (Lipinski definition) is 2. The van der Waals surface area contributed by atoms with Crippen LogP contribution in [0.25, 0.3) is 21.7 Å². The van der Waals surface area contributed by atoms with Crippen LogP contribution < -0.4 is 5.32 Å². The Bertz CT molecular complexity index is 709. The SMILES string of the molecule is c1ccc2c(c1)ccc1c3c([nH]c12)CCNC3. The highest BCUT2D eigenvalue weighted by atomic mass is 14.9. The Morgan fingerprint density at radius 1 is 0.941 bits per heavy atom. The highest BCUT2D eigenvalue weighted by Crippen LogP contribution is 2.30. The number of aromatic nitrogens is 1. The van der Waals surface area contributed by atoms with Crippen LogP contribution in [0.5, 0.6) is 0 Å². The Kier molecular flexibility index (Phi) is 1.82. The third-order valence-electron chi connectivity index (χ3n) is 3.75. The van der Waals surface area contributed by atoms with Crippen molar-refractivity contribution >= 4 is 21.7 Å². The maximum atomic E-state index is 3.62. The molecule has 2 heterocycles. The third kappa shape index (κ3) is 1.25. The van der Waals surface area contributed by atoms with Crippen molar-refractivity contribution in [1.82, 2.24) is 10.3 Å². The maximum absolute atomic E-state index is 3.62. The third-order valence-corrected chi connectivity index (χ3v) is 3.75. The van der Waals surface area contributed by atoms with Gasteiger partial charge in [0.05, 0.1) is 5.52 Å². The lowest BCUT2D eigenvalue weighted by Crippen LogP contribution is -2.22. The molecule has 1 aromatic heterocycles. The standard InChI is InChI=1S/C15H14N2/c1-2-4-11-10(3-1)5-6-12-13-9-16-8-7-14(13)17-15(11)12/h1-6,16-17H,7-9H2. The topological polar surface area (TPSA) is 27.8 Å². The molecular formula is C15H14N2. The lowest BCUT2D eigenvalue weighted by Gasteiger charge is -2.12. The Labute approximate surface area is 99.6 Å². The molecule has 3 aromatic rings. The lowest BCUT2D eigenvalue weighted by atomic mass is 10.0. The summed E-state index contributed by atoms with van der Waals surface area (Å²) in [6, 6.07) is 13.1. The minimum Gasteiger partial charge on any atom is -0.358 e. The monoisotopic (exact) mass is 222 g/mol. The van der Waals surface area contributed by atoms with Gasteiger partial charge < -0.3 is 10.3 Å². The lowest BCUT2D eigenvalue weighted by molar-refractivity contribution is 0.641. The second kappa shape index (κ2) is 3.34. The summed E-state index contributed by atoms with van der Waals surface area (Å²) >= 11 is 0. The van der Waals surface area contributed by atoms with Gasteiger partial charge in [0, 0.05) is 36.0 Å². The fraction of sp³-hybridized carbons (Fsp3) is 0.200. The normalized spacial score (nSPS) is 15.3. The van der Waals surface area contributed by atoms with Gasteiger partial charge in [-0.05, 0) is 10.9 Å². The molecule has 84 valence electrons. The van der Waals surface area contributed by atoms with Crippen molar-refractivity contribution in [3.63, 3.8) is 0 Å². The molecule has 4 rings (SSSR count). The molecule has 2 N–H and O–H groups in total. The van der Waals surface area contributed by atoms with Gasteiger partial charge in [-0.25, -0.2) is 0 Å². The van der Waals surface area contributed by atoms with Crippen molar-refractivity contribution in [2.24, 2.45) is 0 Å². The van der Waals surface area contributed by atoms with E-state index in [9.17, 15) is 0 Å². The summed E-state index contributed by atoms with van der Waals surface area (Å²) in [5.74, 6) is 0. The van der Waals surface area contributed by atoms with Crippen molar-refractivity contribution in [3.8, 4) is 0 Å². The molecule has 0 fully saturated rings. The average molecular weight is 222 g/mol. The molecule has 2 aromatic carbocycles. The summed E-state index contributed by atoms with van der Waals surface area (Å²) in [7, 11) is 0. The molecule has 0 saturated heterocycles. The molecule has 1 aliphatic heterocycles. The molecule has 0 bridgehead atoms. The van der Waals surface area contributed by atoms with Gasteiger partial charge in [-0.3, -0.25) is 0 Å². The molecule has 17 heavy (non-hydrogen) atoms. The van der Waals surface area contributed by atoms with Gasteiger partial charge in [-0.2, -0.15) is 0 Å². The first-order chi connectivity index (χ1) is 8.43. The van der Waals surface area contributed by atoms with Gasteiger partial charge in [-0.1, -0.05) is 36.4 Å². The number of benzene rings is 2. The number of rotatable bonds is 0. The van der Waals surface area contributed by atoms with E-state index in [-0.39, 0.29) is 0 Å². The van der Waals surface area contributed by atoms with Gasteiger partial charge in [-0.15, -0.1) is 0 Å². The quantitative estimate of drug-likeness (QED) is 0.601. The summed E-state index contributed by atoms with van der Waals surface area (Å²) in [6.45, 7) is 2.07. The largest absolute Gasteiger partial charge is 0.358 e. The highest BCUT2D eigenvalue weighted by Gasteiger charge is 2.15. The maximum Gasteiger partial charge on any atom is 0.0539 e. The summed E-state index contributed by atoms with van der Waals surface area (Å²) in [5, 5.41) is 7.47. The van der Waals surface area contributed by atoms with Crippen LogP contribution in [0.3, 0.4) is 0 Å². The fourth-order valence-corrected chi connectivity index (χ4v) is 2.89. The summed E-state index contributed by atoms with van der Waals surface area (Å²) < 4.78 is 0. The fourth-order valence-electron chi connectivity index (χ4n) is 2.89. The summed E-state index contributed by atoms with van der Waals surface area (Å²) in [6.07, 6.45) is 1.11. The van der Waals surface area contributed by atoms with E-state index in [2.05, 4.69) is 46.7 Å². The number of fused-ring (bicyclic) bond motifs is 5. The Balaban J connectivity index is 2.16. The van der Waals surface area contributed by atoms with E-state index < -0.39 is 0 Å². The highest BCUT2D eigenvalue weighted by molar-refractivity contribution is 6.07. The first-order valence-electron chi connectivity index (χ1n) is 6.15. The molecular weight excluding hydrogens is 208 g/mol. The van der Waals surface area contributed by atoms with Crippen LogP contribution in [0, 0.1) is 0 Å². The zero-order valence-corrected chi connectivity index (χ0v) is 9.59. The van der Waals surface area contributed by atoms with Crippen LogP contribution in [0.15, 0.2) is 36.4 Å². The van der Waals surface area contributed by atoms with Gasteiger partial charge in [0.2, 0.25) is 0 Å². The predicted octanol–water partition coefficient (Wildman–Crippen LogP) is 2.97. The molecule has 0 unspecified atom stereocenters. The number of aromatic amines is 1. The zero-order valence-electron chi connectivity index (χ0n) is 9.59. The molecule has 0 aliphatic carbocycles. The van der Waals surface area contributed by atoms with Gasteiger partial charge in [0.15, 0.2) is 0 Å². The van der Waals surface area contributed by atoms with Crippen LogP contribution in [-0.2, 0) is 13.0 Å². The van der Waals surface area contributed by atoms with E-state index in [1.807, 2.05) is 0 Å². The predicted molar refractivity (Wildman–Crippen MR) is 71.2 cm³/mol. The molecule has 0 saturated carbocycles. The van der Waals surface area contributed by atoms with Crippen molar-refractivity contribution in [2.45, 2.75) is 13.0 Å². The molecule has 1 aliphatic rings. The van der Waals surface area contributed by atoms with Crippen LogP contribution in [0.1, 0.15) is 11.3 Å². The Morgan fingerprint density at radius 3 is 2.88 bits per heavy atom. The Hall–Kier alpha value is -1.80. The molecule has 0 amide bonds. The smallest absolute Gasteiger partial charge is 0.0539 e. The summed E-state index contributed by atoms with van der Waals surface area (Å²) in [4.78, 5) is 3.62. The second-order valence-electron chi connectivity index (χ2n) is 4.72. The minimum atomic E-state index is 0.994. The number of H-pyrrole nitrogens is 1. The van der Waals surface area contributed by atoms with Crippen molar-refractivity contribution in [3.05, 3.63) is 47.7 Å². The zero-order chi connectivity index (χ0) is 11.2. The van der Waals surface area contributed by atoms with Crippen LogP contribution in [0.4, 0.5) is 0 Å². The van der Waals surface area contributed by atoms with Gasteiger partial charge in [0.1, 0.15) is 0 Å². The van der Waals surface area contributed by atoms with Crippen LogP contribution in [0.2, 0.25) is 0 Å². The van der Waals surface area contributed by atoms with E-state index in [1.165, 1.54) is 32.9 Å². The van der Waals surface area contributed by atoms with E-state index in [0.717, 1.165) is 19.5 Å². The minimum absolute atomic E-state index is 0.994. The summed E-state index contributed by atoms with van der Waals surface area (Å²) in [5.41, 5.74) is 4.17. The van der Waals surface area contributed by atoms with Gasteiger partial charge in [0.25, 0.3) is 0 Å². The molecule has 0 spiro atoms. The van der Waals surface area contributed by atoms with Crippen LogP contribution in [-0.4, -0.2) is 11.5 Å². The first kappa shape index (κ1) is 9.25. The number of hydrogen-bond acceptors (Lipinski definition) is 1. The van der Waals surface area contributed by atoms with Crippen molar-refractivity contribution < 1.29 is 0 Å². The van der Waals surface area contributed by atoms with E-state index in [0.29, 0.717) is 0 Å². The first-order valence-corrected chi connectivity index (χ1v) is 6.15. The van der Waals surface area contributed by atoms with Crippen LogP contribution >= 0.6 is 0 Å². The van der Waals surface area contributed by atoms with Gasteiger partial charge >= 0.3 is 0 Å².